The summed E-state index contributed by atoms with van der Waals surface area (Å²) in [4.78, 5) is 0.274. The molecule has 3 aromatic carbocycles. The van der Waals surface area contributed by atoms with Gasteiger partial charge in [-0.15, -0.1) is 0 Å². The van der Waals surface area contributed by atoms with Gasteiger partial charge in [-0.1, -0.05) is 48.6 Å². The van der Waals surface area contributed by atoms with E-state index in [-0.39, 0.29) is 16.9 Å². The van der Waals surface area contributed by atoms with Gasteiger partial charge in [0.15, 0.2) is 0 Å². The van der Waals surface area contributed by atoms with Crippen molar-refractivity contribution < 1.29 is 13.2 Å². The quantitative estimate of drug-likeness (QED) is 0.499. The maximum atomic E-state index is 13.1. The molecule has 0 saturated carbocycles. The normalized spacial score (nSPS) is 21.4. The SMILES string of the molecule is COc1ccccc1[C@H]1Nc2ccc(S(=O)(=O)Nc3ccccc3C)cc2[C@H]2C=CC[C@H]21. The smallest absolute Gasteiger partial charge is 0.261 e. The number of aryl methyl sites for hydroxylation is 1. The molecule has 5 nitrogen and oxygen atoms in total. The van der Waals surface area contributed by atoms with Crippen LogP contribution in [0.1, 0.15) is 35.1 Å². The second-order valence-corrected chi connectivity index (χ2v) is 10.1. The lowest BCUT2D eigenvalue weighted by atomic mass is 9.77. The van der Waals surface area contributed by atoms with E-state index < -0.39 is 10.0 Å². The monoisotopic (exact) mass is 446 g/mol. The third-order valence-corrected chi connectivity index (χ3v) is 7.87. The largest absolute Gasteiger partial charge is 0.496 e. The van der Waals surface area contributed by atoms with E-state index in [4.69, 9.17) is 4.74 Å². The van der Waals surface area contributed by atoms with E-state index in [1.807, 2.05) is 55.5 Å². The summed E-state index contributed by atoms with van der Waals surface area (Å²) in [6.45, 7) is 1.89. The van der Waals surface area contributed by atoms with Crippen molar-refractivity contribution in [3.63, 3.8) is 0 Å². The van der Waals surface area contributed by atoms with E-state index in [1.54, 1.807) is 19.2 Å². The zero-order valence-electron chi connectivity index (χ0n) is 18.1. The fraction of sp³-hybridized carbons (Fsp3) is 0.231. The lowest BCUT2D eigenvalue weighted by molar-refractivity contribution is 0.381. The third-order valence-electron chi connectivity index (χ3n) is 6.51. The summed E-state index contributed by atoms with van der Waals surface area (Å²) in [7, 11) is -2.00. The van der Waals surface area contributed by atoms with Crippen LogP contribution in [0.15, 0.2) is 83.8 Å². The number of methoxy groups -OCH3 is 1. The summed E-state index contributed by atoms with van der Waals surface area (Å²) >= 11 is 0. The Morgan fingerprint density at radius 2 is 1.78 bits per heavy atom. The van der Waals surface area contributed by atoms with Crippen LogP contribution in [0.3, 0.4) is 0 Å². The Morgan fingerprint density at radius 1 is 1.00 bits per heavy atom. The molecule has 1 aliphatic heterocycles. The number of hydrogen-bond acceptors (Lipinski definition) is 4. The highest BCUT2D eigenvalue weighted by molar-refractivity contribution is 7.92. The van der Waals surface area contributed by atoms with E-state index >= 15 is 0 Å². The highest BCUT2D eigenvalue weighted by Crippen LogP contribution is 2.51. The molecule has 0 unspecified atom stereocenters. The van der Waals surface area contributed by atoms with Gasteiger partial charge < -0.3 is 10.1 Å². The highest BCUT2D eigenvalue weighted by atomic mass is 32.2. The molecular formula is C26H26N2O3S. The third kappa shape index (κ3) is 3.54. The molecule has 0 saturated heterocycles. The topological polar surface area (TPSA) is 67.4 Å². The fourth-order valence-electron chi connectivity index (χ4n) is 4.86. The zero-order valence-corrected chi connectivity index (χ0v) is 18.9. The van der Waals surface area contributed by atoms with Crippen LogP contribution in [-0.4, -0.2) is 15.5 Å². The maximum absolute atomic E-state index is 13.1. The van der Waals surface area contributed by atoms with Gasteiger partial charge in [0.2, 0.25) is 0 Å². The van der Waals surface area contributed by atoms with Crippen LogP contribution in [0.2, 0.25) is 0 Å². The zero-order chi connectivity index (χ0) is 22.3. The Kier molecular flexibility index (Phi) is 5.18. The van der Waals surface area contributed by atoms with Gasteiger partial charge in [0.1, 0.15) is 5.75 Å². The molecule has 3 aromatic rings. The number of anilines is 2. The van der Waals surface area contributed by atoms with Crippen molar-refractivity contribution in [2.45, 2.75) is 30.2 Å². The van der Waals surface area contributed by atoms with Crippen LogP contribution in [0.25, 0.3) is 0 Å². The van der Waals surface area contributed by atoms with E-state index in [9.17, 15) is 8.42 Å². The van der Waals surface area contributed by atoms with Gasteiger partial charge in [0.05, 0.1) is 23.7 Å². The number of allylic oxidation sites excluding steroid dienone is 2. The summed E-state index contributed by atoms with van der Waals surface area (Å²) in [5, 5.41) is 3.66. The van der Waals surface area contributed by atoms with Crippen LogP contribution in [0, 0.1) is 12.8 Å². The lowest BCUT2D eigenvalue weighted by Crippen LogP contribution is -2.29. The molecule has 0 bridgehead atoms. The summed E-state index contributed by atoms with van der Waals surface area (Å²) in [6.07, 6.45) is 5.33. The molecule has 0 fully saturated rings. The van der Waals surface area contributed by atoms with E-state index in [1.165, 1.54) is 0 Å². The van der Waals surface area contributed by atoms with E-state index in [0.717, 1.165) is 34.5 Å². The predicted molar refractivity (Wildman–Crippen MR) is 128 cm³/mol. The minimum atomic E-state index is -3.70. The molecule has 6 heteroatoms. The van der Waals surface area contributed by atoms with E-state index in [0.29, 0.717) is 11.6 Å². The summed E-state index contributed by atoms with van der Waals surface area (Å²) in [5.41, 5.74) is 4.58. The van der Waals surface area contributed by atoms with Gasteiger partial charge >= 0.3 is 0 Å². The second-order valence-electron chi connectivity index (χ2n) is 8.39. The standard InChI is InChI=1S/C26H26N2O3S/c1-17-8-3-5-12-23(17)28-32(29,30)18-14-15-24-22(16-18)19-10-7-11-20(19)26(27-24)21-9-4-6-13-25(21)31-2/h3-10,12-16,19-20,26-28H,11H2,1-2H3/t19-,20+,26-/m0/s1. The van der Waals surface area contributed by atoms with Crippen LogP contribution in [0.4, 0.5) is 11.4 Å². The molecule has 32 heavy (non-hydrogen) atoms. The van der Waals surface area contributed by atoms with Gasteiger partial charge in [-0.3, -0.25) is 4.72 Å². The Labute approximate surface area is 189 Å². The maximum Gasteiger partial charge on any atom is 0.261 e. The fourth-order valence-corrected chi connectivity index (χ4v) is 6.03. The van der Waals surface area contributed by atoms with Crippen LogP contribution < -0.4 is 14.8 Å². The Balaban J connectivity index is 1.51. The molecule has 0 radical (unpaired) electrons. The number of fused-ring (bicyclic) bond motifs is 3. The van der Waals surface area contributed by atoms with Crippen molar-refractivity contribution in [3.8, 4) is 5.75 Å². The van der Waals surface area contributed by atoms with Crippen molar-refractivity contribution in [3.05, 3.63) is 95.6 Å². The summed E-state index contributed by atoms with van der Waals surface area (Å²) < 4.78 is 34.6. The first-order valence-electron chi connectivity index (χ1n) is 10.8. The Morgan fingerprint density at radius 3 is 2.59 bits per heavy atom. The van der Waals surface area contributed by atoms with Crippen molar-refractivity contribution in [1.29, 1.82) is 0 Å². The number of benzene rings is 3. The molecule has 164 valence electrons. The van der Waals surface area contributed by atoms with Gasteiger partial charge in [-0.25, -0.2) is 8.42 Å². The second kappa shape index (κ2) is 8.02. The number of rotatable bonds is 5. The van der Waals surface area contributed by atoms with Gasteiger partial charge in [0, 0.05) is 17.2 Å². The van der Waals surface area contributed by atoms with E-state index in [2.05, 4.69) is 28.3 Å². The molecule has 0 aromatic heterocycles. The number of hydrogen-bond donors (Lipinski definition) is 2. The molecule has 2 aliphatic rings. The van der Waals surface area contributed by atoms with Crippen molar-refractivity contribution in [1.82, 2.24) is 0 Å². The molecule has 5 rings (SSSR count). The number of para-hydroxylation sites is 2. The first-order valence-corrected chi connectivity index (χ1v) is 12.2. The van der Waals surface area contributed by atoms with Crippen LogP contribution in [0.5, 0.6) is 5.75 Å². The summed E-state index contributed by atoms with van der Waals surface area (Å²) in [5.74, 6) is 1.30. The number of ether oxygens (including phenoxy) is 1. The Hall–Kier alpha value is -3.25. The highest BCUT2D eigenvalue weighted by Gasteiger charge is 2.39. The first kappa shape index (κ1) is 20.6. The average molecular weight is 447 g/mol. The van der Waals surface area contributed by atoms with Crippen LogP contribution in [-0.2, 0) is 10.0 Å². The molecule has 0 spiro atoms. The van der Waals surface area contributed by atoms with Gasteiger partial charge in [-0.05, 0) is 60.7 Å². The minimum Gasteiger partial charge on any atom is -0.496 e. The molecule has 1 aliphatic carbocycles. The molecule has 1 heterocycles. The molecule has 3 atom stereocenters. The van der Waals surface area contributed by atoms with Crippen molar-refractivity contribution in [2.24, 2.45) is 5.92 Å². The number of nitrogens with one attached hydrogen (secondary N) is 2. The predicted octanol–water partition coefficient (Wildman–Crippen LogP) is 5.63. The molecule has 0 amide bonds. The van der Waals surface area contributed by atoms with Gasteiger partial charge in [0.25, 0.3) is 10.0 Å². The first-order chi connectivity index (χ1) is 15.5. The number of sulfonamides is 1. The van der Waals surface area contributed by atoms with Gasteiger partial charge in [-0.2, -0.15) is 0 Å². The molecular weight excluding hydrogens is 420 g/mol. The lowest BCUT2D eigenvalue weighted by Gasteiger charge is -2.38. The van der Waals surface area contributed by atoms with Crippen LogP contribution >= 0.6 is 0 Å². The molecule has 2 N–H and O–H groups in total. The Bertz CT molecular complexity index is 1300. The van der Waals surface area contributed by atoms with Crippen molar-refractivity contribution >= 4 is 21.4 Å². The van der Waals surface area contributed by atoms with Crippen molar-refractivity contribution in [2.75, 3.05) is 17.1 Å². The average Bonchev–Trinajstić information content (AvgIpc) is 3.30. The summed E-state index contributed by atoms with van der Waals surface area (Å²) in [6, 6.07) is 20.9. The minimum absolute atomic E-state index is 0.0891.